The summed E-state index contributed by atoms with van der Waals surface area (Å²) < 4.78 is 80.3. The van der Waals surface area contributed by atoms with Crippen LogP contribution in [0.3, 0.4) is 0 Å². The number of anilines is 1. The summed E-state index contributed by atoms with van der Waals surface area (Å²) in [6.07, 6.45) is -4.66. The summed E-state index contributed by atoms with van der Waals surface area (Å²) in [7, 11) is -1.52. The largest absolute Gasteiger partial charge is 0.417 e. The van der Waals surface area contributed by atoms with Crippen LogP contribution in [0.2, 0.25) is 5.02 Å². The van der Waals surface area contributed by atoms with Gasteiger partial charge >= 0.3 is 16.5 Å². The zero-order chi connectivity index (χ0) is 30.1. The molecule has 1 aromatic carbocycles. The molecular formula is C27H33ClF3N7O3S. The number of rotatable bonds is 4. The number of piperazine rings is 1. The van der Waals surface area contributed by atoms with Crippen LogP contribution in [0.25, 0.3) is 33.8 Å². The Balaban J connectivity index is 0.00000405. The average molecular weight is 628 g/mol. The predicted octanol–water partition coefficient (Wildman–Crippen LogP) is 5.51. The van der Waals surface area contributed by atoms with Crippen molar-refractivity contribution in [3.8, 4) is 22.8 Å². The molecule has 0 unspecified atom stereocenters. The van der Waals surface area contributed by atoms with Crippen LogP contribution in [0, 0.1) is 0 Å². The van der Waals surface area contributed by atoms with Gasteiger partial charge in [-0.1, -0.05) is 58.0 Å². The molecule has 1 fully saturated rings. The minimum absolute atomic E-state index is 0. The molecule has 42 heavy (non-hydrogen) atoms. The molecule has 0 radical (unpaired) electrons. The van der Waals surface area contributed by atoms with Gasteiger partial charge in [0.1, 0.15) is 11.2 Å². The highest BCUT2D eigenvalue weighted by atomic mass is 35.5. The zero-order valence-corrected chi connectivity index (χ0v) is 24.6. The van der Waals surface area contributed by atoms with E-state index in [0.29, 0.717) is 35.8 Å². The molecule has 4 aromatic rings. The van der Waals surface area contributed by atoms with E-state index < -0.39 is 27.5 Å². The van der Waals surface area contributed by atoms with Gasteiger partial charge < -0.3 is 9.80 Å². The summed E-state index contributed by atoms with van der Waals surface area (Å²) in [4.78, 5) is 13.0. The number of pyridine rings is 1. The van der Waals surface area contributed by atoms with Crippen LogP contribution >= 0.6 is 11.6 Å². The van der Waals surface area contributed by atoms with Crippen LogP contribution < -0.4 is 4.90 Å². The Labute approximate surface area is 247 Å². The van der Waals surface area contributed by atoms with Crippen LogP contribution in [0.4, 0.5) is 19.0 Å². The van der Waals surface area contributed by atoms with Gasteiger partial charge in [0.15, 0.2) is 11.6 Å². The Morgan fingerprint density at radius 3 is 2.17 bits per heavy atom. The summed E-state index contributed by atoms with van der Waals surface area (Å²) in [5.41, 5.74) is -1.10. The molecule has 15 heteroatoms. The Hall–Kier alpha value is -3.20. The van der Waals surface area contributed by atoms with E-state index in [1.165, 1.54) is 28.9 Å². The topological polar surface area (TPSA) is 109 Å². The summed E-state index contributed by atoms with van der Waals surface area (Å²) in [5, 5.41) is 4.61. The fraction of sp³-hybridized carbons (Fsp3) is 0.444. The molecule has 0 amide bonds. The SMILES string of the molecule is C.CN1CCN(c2nc(-c3ccccc3C(F)(F)F)cc3nc(-c4c(Cl)c(C(C)(C)C)nn4C)n(S(=O)(=O)O)c23)CC1. The van der Waals surface area contributed by atoms with E-state index in [0.717, 1.165) is 6.07 Å². The third kappa shape index (κ3) is 5.60. The van der Waals surface area contributed by atoms with Crippen LogP contribution in [-0.4, -0.2) is 74.8 Å². The van der Waals surface area contributed by atoms with Gasteiger partial charge in [-0.05, 0) is 19.2 Å². The molecule has 1 N–H and O–H groups in total. The molecule has 0 saturated carbocycles. The number of fused-ring (bicyclic) bond motifs is 1. The normalized spacial score (nSPS) is 15.3. The van der Waals surface area contributed by atoms with E-state index >= 15 is 0 Å². The third-order valence-electron chi connectivity index (χ3n) is 7.03. The predicted molar refractivity (Wildman–Crippen MR) is 157 cm³/mol. The maximum absolute atomic E-state index is 14.0. The minimum Gasteiger partial charge on any atom is -0.352 e. The molecule has 0 aliphatic carbocycles. The molecule has 1 aliphatic rings. The number of alkyl halides is 3. The summed E-state index contributed by atoms with van der Waals surface area (Å²) in [6.45, 7) is 7.68. The van der Waals surface area contributed by atoms with Crippen molar-refractivity contribution in [2.24, 2.45) is 7.05 Å². The highest BCUT2D eigenvalue weighted by molar-refractivity contribution is 7.84. The lowest BCUT2D eigenvalue weighted by Crippen LogP contribution is -2.45. The van der Waals surface area contributed by atoms with Crippen molar-refractivity contribution >= 4 is 38.8 Å². The van der Waals surface area contributed by atoms with E-state index in [4.69, 9.17) is 11.6 Å². The monoisotopic (exact) mass is 627 g/mol. The van der Waals surface area contributed by atoms with Crippen molar-refractivity contribution in [3.63, 3.8) is 0 Å². The van der Waals surface area contributed by atoms with Crippen molar-refractivity contribution in [2.45, 2.75) is 39.8 Å². The van der Waals surface area contributed by atoms with Crippen LogP contribution in [-0.2, 0) is 28.9 Å². The van der Waals surface area contributed by atoms with Crippen molar-refractivity contribution in [1.29, 1.82) is 0 Å². The zero-order valence-electron chi connectivity index (χ0n) is 23.0. The molecule has 0 spiro atoms. The quantitative estimate of drug-likeness (QED) is 0.295. The number of hydrogen-bond acceptors (Lipinski definition) is 7. The molecule has 4 heterocycles. The van der Waals surface area contributed by atoms with Gasteiger partial charge in [-0.2, -0.15) is 30.7 Å². The number of halogens is 4. The van der Waals surface area contributed by atoms with E-state index in [1.807, 2.05) is 27.8 Å². The Bertz CT molecular complexity index is 1750. The fourth-order valence-corrected chi connectivity index (χ4v) is 6.26. The molecule has 1 aliphatic heterocycles. The first-order chi connectivity index (χ1) is 19.0. The van der Waals surface area contributed by atoms with E-state index in [9.17, 15) is 26.1 Å². The average Bonchev–Trinajstić information content (AvgIpc) is 3.39. The summed E-state index contributed by atoms with van der Waals surface area (Å²) in [5.74, 6) is -0.162. The van der Waals surface area contributed by atoms with Crippen LogP contribution in [0.1, 0.15) is 39.5 Å². The molecule has 10 nitrogen and oxygen atoms in total. The second-order valence-electron chi connectivity index (χ2n) is 11.1. The van der Waals surface area contributed by atoms with Gasteiger partial charge in [-0.15, -0.1) is 0 Å². The Morgan fingerprint density at radius 2 is 1.62 bits per heavy atom. The number of aryl methyl sites for hydroxylation is 1. The Kier molecular flexibility index (Phi) is 8.17. The number of benzene rings is 1. The number of likely N-dealkylation sites (N-methyl/N-ethyl adjacent to an activating group) is 1. The maximum Gasteiger partial charge on any atom is 0.417 e. The molecule has 5 rings (SSSR count). The highest BCUT2D eigenvalue weighted by Crippen LogP contribution is 2.42. The lowest BCUT2D eigenvalue weighted by atomic mass is 9.92. The van der Waals surface area contributed by atoms with Gasteiger partial charge in [-0.25, -0.2) is 9.97 Å². The van der Waals surface area contributed by atoms with E-state index in [2.05, 4.69) is 20.0 Å². The standard InChI is InChI=1S/C26H29ClF3N7O3S.CH4/c1-25(2,3)22-19(27)21(35(5)33-22)24-32-18-14-17(15-8-6-7-9-16(15)26(28,29)30)31-23(20(18)37(24)41(38,39)40)36-12-10-34(4)11-13-36;/h6-9,14H,10-13H2,1-5H3,(H,38,39,40);1H4. The second kappa shape index (κ2) is 10.8. The molecular weight excluding hydrogens is 595 g/mol. The maximum atomic E-state index is 14.0. The van der Waals surface area contributed by atoms with Gasteiger partial charge in [-0.3, -0.25) is 9.23 Å². The number of aromatic nitrogens is 5. The van der Waals surface area contributed by atoms with Crippen molar-refractivity contribution in [2.75, 3.05) is 38.1 Å². The highest BCUT2D eigenvalue weighted by Gasteiger charge is 2.36. The molecule has 1 saturated heterocycles. The van der Waals surface area contributed by atoms with Gasteiger partial charge in [0.25, 0.3) is 0 Å². The first-order valence-electron chi connectivity index (χ1n) is 12.7. The van der Waals surface area contributed by atoms with Crippen molar-refractivity contribution in [1.82, 2.24) is 28.6 Å². The third-order valence-corrected chi connectivity index (χ3v) is 8.20. The van der Waals surface area contributed by atoms with Crippen LogP contribution in [0.15, 0.2) is 30.3 Å². The number of nitrogens with zero attached hydrogens (tertiary/aromatic N) is 7. The minimum atomic E-state index is -5.01. The van der Waals surface area contributed by atoms with Gasteiger partial charge in [0.2, 0.25) is 0 Å². The number of imidazole rings is 1. The van der Waals surface area contributed by atoms with Gasteiger partial charge in [0, 0.05) is 44.2 Å². The van der Waals surface area contributed by atoms with E-state index in [-0.39, 0.29) is 52.1 Å². The lowest BCUT2D eigenvalue weighted by molar-refractivity contribution is -0.137. The fourth-order valence-electron chi connectivity index (χ4n) is 4.98. The summed E-state index contributed by atoms with van der Waals surface area (Å²) >= 11 is 6.73. The number of hydrogen-bond donors (Lipinski definition) is 1. The lowest BCUT2D eigenvalue weighted by Gasteiger charge is -2.33. The van der Waals surface area contributed by atoms with E-state index in [1.54, 1.807) is 11.9 Å². The first kappa shape index (κ1) is 31.7. The molecule has 0 bridgehead atoms. The van der Waals surface area contributed by atoms with Crippen molar-refractivity contribution < 1.29 is 26.1 Å². The first-order valence-corrected chi connectivity index (χ1v) is 14.5. The van der Waals surface area contributed by atoms with Gasteiger partial charge in [0.05, 0.1) is 27.5 Å². The van der Waals surface area contributed by atoms with Crippen LogP contribution in [0.5, 0.6) is 0 Å². The smallest absolute Gasteiger partial charge is 0.352 e. The second-order valence-corrected chi connectivity index (χ2v) is 12.7. The van der Waals surface area contributed by atoms with Crippen molar-refractivity contribution in [3.05, 3.63) is 46.6 Å². The summed E-state index contributed by atoms with van der Waals surface area (Å²) in [6, 6.07) is 6.31. The molecule has 3 aromatic heterocycles. The Morgan fingerprint density at radius 1 is 1.00 bits per heavy atom. The molecule has 0 atom stereocenters. The molecule has 228 valence electrons.